The van der Waals surface area contributed by atoms with Crippen molar-refractivity contribution in [2.24, 2.45) is 0 Å². The van der Waals surface area contributed by atoms with E-state index in [2.05, 4.69) is 73.5 Å². The Labute approximate surface area is 142 Å². The fraction of sp³-hybridized carbons (Fsp3) is 0.250. The van der Waals surface area contributed by atoms with Crippen LogP contribution in [0.15, 0.2) is 48.5 Å². The largest absolute Gasteiger partial charge is 0.306 e. The molecule has 118 valence electrons. The fourth-order valence-electron chi connectivity index (χ4n) is 2.75. The van der Waals surface area contributed by atoms with E-state index in [0.29, 0.717) is 11.7 Å². The number of nitrogens with one attached hydrogen (secondary N) is 1. The van der Waals surface area contributed by atoms with Crippen LogP contribution in [0, 0.1) is 13.8 Å². The summed E-state index contributed by atoms with van der Waals surface area (Å²) in [5.74, 6) is 0. The van der Waals surface area contributed by atoms with Crippen LogP contribution >= 0.6 is 11.6 Å². The first-order valence-electron chi connectivity index (χ1n) is 7.90. The molecule has 0 saturated heterocycles. The van der Waals surface area contributed by atoms with Gasteiger partial charge >= 0.3 is 0 Å². The summed E-state index contributed by atoms with van der Waals surface area (Å²) in [5, 5.41) is 5.25. The van der Waals surface area contributed by atoms with Crippen molar-refractivity contribution in [2.45, 2.75) is 33.4 Å². The molecule has 0 saturated carbocycles. The predicted octanol–water partition coefficient (Wildman–Crippen LogP) is 5.36. The summed E-state index contributed by atoms with van der Waals surface area (Å²) in [4.78, 5) is 4.61. The first kappa shape index (κ1) is 16.0. The lowest BCUT2D eigenvalue weighted by molar-refractivity contribution is 0.574. The van der Waals surface area contributed by atoms with Gasteiger partial charge in [-0.25, -0.2) is 4.98 Å². The molecule has 1 heterocycles. The van der Waals surface area contributed by atoms with Crippen molar-refractivity contribution in [3.63, 3.8) is 0 Å². The normalized spacial score (nSPS) is 12.5. The zero-order valence-corrected chi connectivity index (χ0v) is 14.5. The summed E-state index contributed by atoms with van der Waals surface area (Å²) < 4.78 is 0. The summed E-state index contributed by atoms with van der Waals surface area (Å²) >= 11 is 6.41. The molecular formula is C20H21ClN2. The van der Waals surface area contributed by atoms with E-state index in [1.807, 2.05) is 6.07 Å². The molecule has 3 heteroatoms. The summed E-state index contributed by atoms with van der Waals surface area (Å²) in [6.45, 7) is 7.05. The first-order valence-corrected chi connectivity index (χ1v) is 8.27. The average molecular weight is 325 g/mol. The SMILES string of the molecule is Cc1ccc2cc(CN[C@H](C)c3ccccc3)c(Cl)nc2c1C. The van der Waals surface area contributed by atoms with Crippen LogP contribution in [-0.4, -0.2) is 4.98 Å². The van der Waals surface area contributed by atoms with Gasteiger partial charge in [0.05, 0.1) is 5.52 Å². The Morgan fingerprint density at radius 3 is 2.57 bits per heavy atom. The third kappa shape index (κ3) is 3.39. The van der Waals surface area contributed by atoms with Gasteiger partial charge in [-0.3, -0.25) is 0 Å². The molecular weight excluding hydrogens is 304 g/mol. The van der Waals surface area contributed by atoms with Crippen molar-refractivity contribution in [2.75, 3.05) is 0 Å². The zero-order valence-electron chi connectivity index (χ0n) is 13.7. The van der Waals surface area contributed by atoms with Crippen LogP contribution in [0.5, 0.6) is 0 Å². The Morgan fingerprint density at radius 1 is 1.09 bits per heavy atom. The Morgan fingerprint density at radius 2 is 1.83 bits per heavy atom. The van der Waals surface area contributed by atoms with E-state index >= 15 is 0 Å². The molecule has 3 rings (SSSR count). The molecule has 2 aromatic carbocycles. The lowest BCUT2D eigenvalue weighted by atomic mass is 10.0. The van der Waals surface area contributed by atoms with E-state index in [9.17, 15) is 0 Å². The van der Waals surface area contributed by atoms with Crippen molar-refractivity contribution in [3.05, 3.63) is 75.9 Å². The summed E-state index contributed by atoms with van der Waals surface area (Å²) in [6, 6.07) is 17.1. The first-order chi connectivity index (χ1) is 11.1. The molecule has 0 fully saturated rings. The molecule has 1 N–H and O–H groups in total. The molecule has 0 spiro atoms. The summed E-state index contributed by atoms with van der Waals surface area (Å²) in [5.41, 5.74) is 5.73. The van der Waals surface area contributed by atoms with Crippen LogP contribution in [0.4, 0.5) is 0 Å². The minimum atomic E-state index is 0.266. The van der Waals surface area contributed by atoms with E-state index in [4.69, 9.17) is 11.6 Å². The van der Waals surface area contributed by atoms with Gasteiger partial charge in [0, 0.05) is 23.5 Å². The Bertz CT molecular complexity index is 828. The standard InChI is InChI=1S/C20H21ClN2/c1-13-9-10-17-11-18(20(21)23-19(17)14(13)2)12-22-15(3)16-7-5-4-6-8-16/h4-11,15,22H,12H2,1-3H3/t15-/m1/s1. The van der Waals surface area contributed by atoms with Gasteiger partial charge in [-0.15, -0.1) is 0 Å². The molecule has 2 nitrogen and oxygen atoms in total. The number of rotatable bonds is 4. The number of hydrogen-bond donors (Lipinski definition) is 1. The zero-order chi connectivity index (χ0) is 16.4. The monoisotopic (exact) mass is 324 g/mol. The number of aryl methyl sites for hydroxylation is 2. The smallest absolute Gasteiger partial charge is 0.134 e. The van der Waals surface area contributed by atoms with Gasteiger partial charge in [0.25, 0.3) is 0 Å². The minimum Gasteiger partial charge on any atom is -0.306 e. The molecule has 23 heavy (non-hydrogen) atoms. The molecule has 0 amide bonds. The summed E-state index contributed by atoms with van der Waals surface area (Å²) in [7, 11) is 0. The number of benzene rings is 2. The van der Waals surface area contributed by atoms with Crippen molar-refractivity contribution < 1.29 is 0 Å². The van der Waals surface area contributed by atoms with Crippen molar-refractivity contribution in [1.29, 1.82) is 0 Å². The van der Waals surface area contributed by atoms with Gasteiger partial charge in [-0.2, -0.15) is 0 Å². The minimum absolute atomic E-state index is 0.266. The van der Waals surface area contributed by atoms with Crippen LogP contribution in [0.25, 0.3) is 10.9 Å². The number of fused-ring (bicyclic) bond motifs is 1. The number of halogens is 1. The van der Waals surface area contributed by atoms with E-state index in [1.165, 1.54) is 16.7 Å². The highest BCUT2D eigenvalue weighted by atomic mass is 35.5. The summed E-state index contributed by atoms with van der Waals surface area (Å²) in [6.07, 6.45) is 0. The van der Waals surface area contributed by atoms with Gasteiger partial charge in [0.2, 0.25) is 0 Å². The van der Waals surface area contributed by atoms with Crippen LogP contribution in [0.3, 0.4) is 0 Å². The van der Waals surface area contributed by atoms with Crippen LogP contribution < -0.4 is 5.32 Å². The Balaban J connectivity index is 1.83. The second-order valence-corrected chi connectivity index (χ2v) is 6.39. The van der Waals surface area contributed by atoms with Crippen LogP contribution in [-0.2, 0) is 6.54 Å². The van der Waals surface area contributed by atoms with Crippen LogP contribution in [0.2, 0.25) is 5.15 Å². The Kier molecular flexibility index (Phi) is 4.65. The van der Waals surface area contributed by atoms with Crippen molar-refractivity contribution in [1.82, 2.24) is 10.3 Å². The van der Waals surface area contributed by atoms with E-state index in [0.717, 1.165) is 16.5 Å². The third-order valence-corrected chi connectivity index (χ3v) is 4.76. The molecule has 0 aliphatic rings. The predicted molar refractivity (Wildman–Crippen MR) is 97.9 cm³/mol. The van der Waals surface area contributed by atoms with Gasteiger partial charge in [-0.1, -0.05) is 54.1 Å². The maximum atomic E-state index is 6.41. The molecule has 0 aliphatic carbocycles. The lowest BCUT2D eigenvalue weighted by Gasteiger charge is -2.15. The molecule has 1 atom stereocenters. The van der Waals surface area contributed by atoms with Crippen molar-refractivity contribution in [3.8, 4) is 0 Å². The van der Waals surface area contributed by atoms with E-state index in [1.54, 1.807) is 0 Å². The number of nitrogens with zero attached hydrogens (tertiary/aromatic N) is 1. The van der Waals surface area contributed by atoms with Gasteiger partial charge < -0.3 is 5.32 Å². The second kappa shape index (κ2) is 6.69. The third-order valence-electron chi connectivity index (χ3n) is 4.44. The van der Waals surface area contributed by atoms with Gasteiger partial charge in [0.1, 0.15) is 5.15 Å². The van der Waals surface area contributed by atoms with Crippen molar-refractivity contribution >= 4 is 22.5 Å². The molecule has 1 aromatic heterocycles. The maximum absolute atomic E-state index is 6.41. The maximum Gasteiger partial charge on any atom is 0.134 e. The lowest BCUT2D eigenvalue weighted by Crippen LogP contribution is -2.18. The molecule has 0 bridgehead atoms. The molecule has 0 radical (unpaired) electrons. The van der Waals surface area contributed by atoms with E-state index in [-0.39, 0.29) is 6.04 Å². The van der Waals surface area contributed by atoms with Gasteiger partial charge in [-0.05, 0) is 43.5 Å². The topological polar surface area (TPSA) is 24.9 Å². The molecule has 3 aromatic rings. The quantitative estimate of drug-likeness (QED) is 0.654. The highest BCUT2D eigenvalue weighted by Crippen LogP contribution is 2.25. The highest BCUT2D eigenvalue weighted by Gasteiger charge is 2.10. The highest BCUT2D eigenvalue weighted by molar-refractivity contribution is 6.30. The number of aromatic nitrogens is 1. The van der Waals surface area contributed by atoms with Gasteiger partial charge in [0.15, 0.2) is 0 Å². The number of pyridine rings is 1. The Hall–Kier alpha value is -1.90. The van der Waals surface area contributed by atoms with Crippen LogP contribution in [0.1, 0.15) is 35.2 Å². The average Bonchev–Trinajstić information content (AvgIpc) is 2.57. The van der Waals surface area contributed by atoms with E-state index < -0.39 is 0 Å². The number of hydrogen-bond acceptors (Lipinski definition) is 2. The fourth-order valence-corrected chi connectivity index (χ4v) is 2.96. The molecule has 0 aliphatic heterocycles. The second-order valence-electron chi connectivity index (χ2n) is 6.03. The molecule has 0 unspecified atom stereocenters.